The van der Waals surface area contributed by atoms with E-state index in [1.54, 1.807) is 6.07 Å². The van der Waals surface area contributed by atoms with Crippen molar-refractivity contribution in [3.63, 3.8) is 0 Å². The number of ether oxygens (including phenoxy) is 1. The molecule has 0 saturated carbocycles. The second-order valence-electron chi connectivity index (χ2n) is 3.74. The lowest BCUT2D eigenvalue weighted by Gasteiger charge is -2.06. The van der Waals surface area contributed by atoms with E-state index in [0.29, 0.717) is 5.56 Å². The third-order valence-electron chi connectivity index (χ3n) is 2.39. The molecule has 19 heavy (non-hydrogen) atoms. The highest BCUT2D eigenvalue weighted by Crippen LogP contribution is 2.29. The number of nitro benzene ring substituents is 1. The molecular formula is C12H10BrNO4S. The lowest BCUT2D eigenvalue weighted by Crippen LogP contribution is -1.99. The van der Waals surface area contributed by atoms with Gasteiger partial charge in [-0.3, -0.25) is 10.1 Å². The molecule has 0 aliphatic rings. The Hall–Kier alpha value is -1.44. The number of benzene rings is 1. The van der Waals surface area contributed by atoms with Gasteiger partial charge in [-0.2, -0.15) is 0 Å². The second kappa shape index (κ2) is 6.14. The summed E-state index contributed by atoms with van der Waals surface area (Å²) in [5.41, 5.74) is 0.347. The predicted molar refractivity (Wildman–Crippen MR) is 75.4 cm³/mol. The van der Waals surface area contributed by atoms with Crippen LogP contribution in [0.5, 0.6) is 5.75 Å². The summed E-state index contributed by atoms with van der Waals surface area (Å²) in [5.74, 6) is 0.201. The Morgan fingerprint density at radius 2 is 2.21 bits per heavy atom. The van der Waals surface area contributed by atoms with Crippen molar-refractivity contribution < 1.29 is 14.8 Å². The Balaban J connectivity index is 2.17. The minimum atomic E-state index is -0.515. The molecule has 1 heterocycles. The molecule has 5 nitrogen and oxygen atoms in total. The largest absolute Gasteiger partial charge is 0.481 e. The van der Waals surface area contributed by atoms with Crippen molar-refractivity contribution >= 4 is 33.0 Å². The lowest BCUT2D eigenvalue weighted by molar-refractivity contribution is -0.386. The van der Waals surface area contributed by atoms with E-state index in [1.807, 2.05) is 11.4 Å². The zero-order valence-electron chi connectivity index (χ0n) is 9.71. The molecule has 0 saturated heterocycles. The van der Waals surface area contributed by atoms with Crippen LogP contribution in [0.2, 0.25) is 0 Å². The summed E-state index contributed by atoms with van der Waals surface area (Å²) in [6.45, 7) is 0.0363. The van der Waals surface area contributed by atoms with Crippen LogP contribution in [0.3, 0.4) is 0 Å². The summed E-state index contributed by atoms with van der Waals surface area (Å²) in [7, 11) is 0. The average Bonchev–Trinajstić information content (AvgIpc) is 2.82. The van der Waals surface area contributed by atoms with Crippen LogP contribution in [0.25, 0.3) is 0 Å². The normalized spacial score (nSPS) is 10.4. The smallest absolute Gasteiger partial charge is 0.311 e. The van der Waals surface area contributed by atoms with Gasteiger partial charge in [0.1, 0.15) is 6.61 Å². The molecule has 0 aliphatic carbocycles. The Bertz CT molecular complexity index is 599. The van der Waals surface area contributed by atoms with E-state index in [4.69, 9.17) is 9.84 Å². The first-order valence-corrected chi connectivity index (χ1v) is 7.01. The van der Waals surface area contributed by atoms with Gasteiger partial charge in [0.25, 0.3) is 0 Å². The van der Waals surface area contributed by atoms with Gasteiger partial charge in [0.05, 0.1) is 11.5 Å². The van der Waals surface area contributed by atoms with E-state index >= 15 is 0 Å². The zero-order chi connectivity index (χ0) is 13.8. The maximum atomic E-state index is 10.9. The topological polar surface area (TPSA) is 72.6 Å². The Labute approximate surface area is 121 Å². The Kier molecular flexibility index (Phi) is 4.52. The van der Waals surface area contributed by atoms with Gasteiger partial charge in [-0.15, -0.1) is 11.3 Å². The summed E-state index contributed by atoms with van der Waals surface area (Å²) in [4.78, 5) is 11.4. The number of halogens is 1. The molecule has 1 aromatic heterocycles. The Morgan fingerprint density at radius 1 is 1.42 bits per heavy atom. The van der Waals surface area contributed by atoms with Crippen molar-refractivity contribution in [2.45, 2.75) is 13.2 Å². The van der Waals surface area contributed by atoms with Gasteiger partial charge in [-0.05, 0) is 33.6 Å². The van der Waals surface area contributed by atoms with Crippen LogP contribution in [0.15, 0.2) is 34.1 Å². The van der Waals surface area contributed by atoms with Crippen molar-refractivity contribution in [3.8, 4) is 5.75 Å². The predicted octanol–water partition coefficient (Wildman–Crippen LogP) is 3.49. The lowest BCUT2D eigenvalue weighted by atomic mass is 10.2. The molecule has 1 N–H and O–H groups in total. The van der Waals surface area contributed by atoms with Crippen LogP contribution >= 0.6 is 27.3 Å². The van der Waals surface area contributed by atoms with Crippen LogP contribution in [0.4, 0.5) is 5.69 Å². The standard InChI is InChI=1S/C12H10BrNO4S/c13-9-4-10(19-7-9)6-18-12-2-1-8(5-15)3-11(12)14(16)17/h1-4,7,15H,5-6H2. The molecule has 1 aromatic carbocycles. The molecule has 100 valence electrons. The first kappa shape index (κ1) is 14.0. The van der Waals surface area contributed by atoms with E-state index < -0.39 is 4.92 Å². The molecule has 0 radical (unpaired) electrons. The molecule has 0 aliphatic heterocycles. The second-order valence-corrected chi connectivity index (χ2v) is 5.65. The van der Waals surface area contributed by atoms with E-state index in [-0.39, 0.29) is 24.7 Å². The van der Waals surface area contributed by atoms with Crippen molar-refractivity contribution in [2.75, 3.05) is 0 Å². The highest BCUT2D eigenvalue weighted by Gasteiger charge is 2.16. The van der Waals surface area contributed by atoms with Crippen LogP contribution in [-0.4, -0.2) is 10.0 Å². The molecule has 0 atom stereocenters. The van der Waals surface area contributed by atoms with E-state index in [2.05, 4.69) is 15.9 Å². The Morgan fingerprint density at radius 3 is 2.79 bits per heavy atom. The molecule has 0 fully saturated rings. The third kappa shape index (κ3) is 3.52. The van der Waals surface area contributed by atoms with E-state index in [9.17, 15) is 10.1 Å². The van der Waals surface area contributed by atoms with Crippen molar-refractivity contribution in [1.29, 1.82) is 0 Å². The summed E-state index contributed by atoms with van der Waals surface area (Å²) >= 11 is 4.84. The van der Waals surface area contributed by atoms with E-state index in [0.717, 1.165) is 9.35 Å². The van der Waals surface area contributed by atoms with E-state index in [1.165, 1.54) is 23.5 Å². The fraction of sp³-hybridized carbons (Fsp3) is 0.167. The highest BCUT2D eigenvalue weighted by atomic mass is 79.9. The molecule has 0 spiro atoms. The van der Waals surface area contributed by atoms with Crippen molar-refractivity contribution in [1.82, 2.24) is 0 Å². The molecule has 2 rings (SSSR count). The van der Waals surface area contributed by atoms with Gasteiger partial charge in [-0.1, -0.05) is 6.07 Å². The van der Waals surface area contributed by atoms with Gasteiger partial charge in [0.15, 0.2) is 5.75 Å². The summed E-state index contributed by atoms with van der Waals surface area (Å²) in [5, 5.41) is 21.8. The van der Waals surface area contributed by atoms with Crippen LogP contribution < -0.4 is 4.74 Å². The van der Waals surface area contributed by atoms with Gasteiger partial charge in [0, 0.05) is 20.8 Å². The first-order chi connectivity index (χ1) is 9.10. The molecule has 7 heteroatoms. The fourth-order valence-corrected chi connectivity index (χ4v) is 2.87. The fourth-order valence-electron chi connectivity index (χ4n) is 1.50. The number of hydrogen-bond donors (Lipinski definition) is 1. The molecule has 0 bridgehead atoms. The monoisotopic (exact) mass is 343 g/mol. The number of aliphatic hydroxyl groups is 1. The minimum Gasteiger partial charge on any atom is -0.481 e. The maximum Gasteiger partial charge on any atom is 0.311 e. The molecular weight excluding hydrogens is 334 g/mol. The molecule has 2 aromatic rings. The van der Waals surface area contributed by atoms with Gasteiger partial charge in [0.2, 0.25) is 0 Å². The van der Waals surface area contributed by atoms with Crippen molar-refractivity contribution in [3.05, 3.63) is 54.7 Å². The number of aliphatic hydroxyl groups excluding tert-OH is 1. The number of nitrogens with zero attached hydrogens (tertiary/aromatic N) is 1. The molecule has 0 unspecified atom stereocenters. The van der Waals surface area contributed by atoms with Crippen molar-refractivity contribution in [2.24, 2.45) is 0 Å². The van der Waals surface area contributed by atoms with Crippen LogP contribution in [0.1, 0.15) is 10.4 Å². The summed E-state index contributed by atoms with van der Waals surface area (Å²) in [6.07, 6.45) is 0. The van der Waals surface area contributed by atoms with Crippen LogP contribution in [-0.2, 0) is 13.2 Å². The third-order valence-corrected chi connectivity index (χ3v) is 4.07. The average molecular weight is 344 g/mol. The number of nitro groups is 1. The number of rotatable bonds is 5. The molecule has 0 amide bonds. The van der Waals surface area contributed by atoms with Crippen LogP contribution in [0, 0.1) is 10.1 Å². The van der Waals surface area contributed by atoms with Gasteiger partial charge < -0.3 is 9.84 Å². The van der Waals surface area contributed by atoms with Gasteiger partial charge >= 0.3 is 5.69 Å². The van der Waals surface area contributed by atoms with Gasteiger partial charge in [-0.25, -0.2) is 0 Å². The summed E-state index contributed by atoms with van der Waals surface area (Å²) in [6, 6.07) is 6.33. The first-order valence-electron chi connectivity index (χ1n) is 5.34. The number of hydrogen-bond acceptors (Lipinski definition) is 5. The summed E-state index contributed by atoms with van der Waals surface area (Å²) < 4.78 is 6.42. The minimum absolute atomic E-state index is 0.137. The zero-order valence-corrected chi connectivity index (χ0v) is 12.1. The SMILES string of the molecule is O=[N+]([O-])c1cc(CO)ccc1OCc1cc(Br)cs1. The maximum absolute atomic E-state index is 10.9. The highest BCUT2D eigenvalue weighted by molar-refractivity contribution is 9.10. The quantitative estimate of drug-likeness (QED) is 0.666. The number of thiophene rings is 1.